The highest BCUT2D eigenvalue weighted by atomic mass is 127. The molecule has 0 aliphatic heterocycles. The topological polar surface area (TPSA) is 34.9 Å². The van der Waals surface area contributed by atoms with Crippen LogP contribution in [0, 0.1) is 10.5 Å². The molecule has 1 aromatic heterocycles. The molecule has 29 heavy (non-hydrogen) atoms. The monoisotopic (exact) mass is 532 g/mol. The van der Waals surface area contributed by atoms with Crippen molar-refractivity contribution < 1.29 is 0 Å². The van der Waals surface area contributed by atoms with E-state index >= 15 is 0 Å². The van der Waals surface area contributed by atoms with Crippen LogP contribution in [0.25, 0.3) is 28.7 Å². The molecule has 0 fully saturated rings. The van der Waals surface area contributed by atoms with Gasteiger partial charge in [0, 0.05) is 8.59 Å². The van der Waals surface area contributed by atoms with Crippen molar-refractivity contribution in [2.75, 3.05) is 0 Å². The molecule has 0 aliphatic rings. The summed E-state index contributed by atoms with van der Waals surface area (Å²) in [5, 5.41) is 1.43. The third-order valence-corrected chi connectivity index (χ3v) is 5.72. The fraction of sp³-hybridized carbons (Fsp3) is 0.0435. The van der Waals surface area contributed by atoms with Gasteiger partial charge in [-0.2, -0.15) is 0 Å². The Morgan fingerprint density at radius 3 is 2.45 bits per heavy atom. The molecular formula is C23H15Cl2IN2O. The lowest BCUT2D eigenvalue weighted by atomic mass is 10.1. The summed E-state index contributed by atoms with van der Waals surface area (Å²) in [6.45, 7) is 2.04. The fourth-order valence-electron chi connectivity index (χ4n) is 3.03. The molecule has 0 saturated carbocycles. The van der Waals surface area contributed by atoms with Gasteiger partial charge in [-0.3, -0.25) is 9.36 Å². The van der Waals surface area contributed by atoms with Crippen molar-refractivity contribution in [1.29, 1.82) is 0 Å². The van der Waals surface area contributed by atoms with Crippen molar-refractivity contribution in [1.82, 2.24) is 9.55 Å². The number of aromatic nitrogens is 2. The lowest BCUT2D eigenvalue weighted by molar-refractivity contribution is 0.944. The molecule has 0 unspecified atom stereocenters. The number of hydrogen-bond donors (Lipinski definition) is 0. The predicted molar refractivity (Wildman–Crippen MR) is 130 cm³/mol. The summed E-state index contributed by atoms with van der Waals surface area (Å²) in [5.41, 5.74) is 3.20. The van der Waals surface area contributed by atoms with Gasteiger partial charge in [0.1, 0.15) is 5.82 Å². The molecule has 3 nitrogen and oxygen atoms in total. The Kier molecular flexibility index (Phi) is 5.76. The Bertz CT molecular complexity index is 1310. The van der Waals surface area contributed by atoms with Crippen LogP contribution in [0.4, 0.5) is 0 Å². The van der Waals surface area contributed by atoms with Crippen LogP contribution >= 0.6 is 45.8 Å². The lowest BCUT2D eigenvalue weighted by Crippen LogP contribution is -2.22. The van der Waals surface area contributed by atoms with E-state index in [-0.39, 0.29) is 5.56 Å². The zero-order valence-corrected chi connectivity index (χ0v) is 19.0. The molecule has 144 valence electrons. The highest BCUT2D eigenvalue weighted by molar-refractivity contribution is 14.1. The van der Waals surface area contributed by atoms with Gasteiger partial charge in [-0.05, 0) is 77.6 Å². The second-order valence-corrected chi connectivity index (χ2v) is 8.70. The number of rotatable bonds is 3. The zero-order valence-electron chi connectivity index (χ0n) is 15.4. The van der Waals surface area contributed by atoms with Crippen LogP contribution in [0.2, 0.25) is 10.0 Å². The van der Waals surface area contributed by atoms with Gasteiger partial charge in [0.2, 0.25) is 0 Å². The van der Waals surface area contributed by atoms with Gasteiger partial charge in [-0.1, -0.05) is 59.1 Å². The van der Waals surface area contributed by atoms with Gasteiger partial charge in [0.25, 0.3) is 5.56 Å². The first kappa shape index (κ1) is 20.1. The molecule has 0 atom stereocenters. The van der Waals surface area contributed by atoms with E-state index in [4.69, 9.17) is 28.2 Å². The van der Waals surface area contributed by atoms with Crippen molar-refractivity contribution in [3.8, 4) is 5.69 Å². The number of benzene rings is 3. The van der Waals surface area contributed by atoms with E-state index in [1.54, 1.807) is 18.2 Å². The van der Waals surface area contributed by atoms with Gasteiger partial charge in [0.15, 0.2) is 0 Å². The number of nitrogens with zero attached hydrogens (tertiary/aromatic N) is 2. The predicted octanol–water partition coefficient (Wildman–Crippen LogP) is 6.78. The minimum Gasteiger partial charge on any atom is -0.268 e. The molecule has 0 saturated heterocycles. The van der Waals surface area contributed by atoms with Gasteiger partial charge < -0.3 is 0 Å². The average Bonchev–Trinajstić information content (AvgIpc) is 2.69. The van der Waals surface area contributed by atoms with E-state index in [0.29, 0.717) is 32.5 Å². The molecule has 4 aromatic rings. The summed E-state index contributed by atoms with van der Waals surface area (Å²) in [6.07, 6.45) is 3.76. The van der Waals surface area contributed by atoms with Gasteiger partial charge in [-0.15, -0.1) is 0 Å². The fourth-order valence-corrected chi connectivity index (χ4v) is 4.01. The lowest BCUT2D eigenvalue weighted by Gasteiger charge is -2.13. The van der Waals surface area contributed by atoms with E-state index in [2.05, 4.69) is 22.6 Å². The normalized spacial score (nSPS) is 11.4. The van der Waals surface area contributed by atoms with Crippen LogP contribution < -0.4 is 5.56 Å². The Morgan fingerprint density at radius 2 is 1.72 bits per heavy atom. The van der Waals surface area contributed by atoms with Crippen molar-refractivity contribution >= 4 is 68.8 Å². The van der Waals surface area contributed by atoms with Crippen LogP contribution in [-0.4, -0.2) is 9.55 Å². The Hall–Kier alpha value is -2.15. The minimum absolute atomic E-state index is 0.179. The maximum absolute atomic E-state index is 13.4. The highest BCUT2D eigenvalue weighted by Gasteiger charge is 2.14. The molecule has 6 heteroatoms. The number of aryl methyl sites for hydroxylation is 1. The Labute approximate surface area is 191 Å². The van der Waals surface area contributed by atoms with Crippen molar-refractivity contribution in [2.45, 2.75) is 6.92 Å². The Balaban J connectivity index is 1.97. The second kappa shape index (κ2) is 8.30. The smallest absolute Gasteiger partial charge is 0.266 e. The molecule has 0 radical (unpaired) electrons. The molecule has 0 aliphatic carbocycles. The summed E-state index contributed by atoms with van der Waals surface area (Å²) in [4.78, 5) is 18.1. The van der Waals surface area contributed by atoms with Gasteiger partial charge >= 0.3 is 0 Å². The van der Waals surface area contributed by atoms with Crippen LogP contribution in [0.1, 0.15) is 17.0 Å². The van der Waals surface area contributed by atoms with E-state index < -0.39 is 0 Å². The van der Waals surface area contributed by atoms with E-state index in [9.17, 15) is 4.79 Å². The highest BCUT2D eigenvalue weighted by Crippen LogP contribution is 2.26. The van der Waals surface area contributed by atoms with Crippen LogP contribution in [0.3, 0.4) is 0 Å². The maximum Gasteiger partial charge on any atom is 0.266 e. The minimum atomic E-state index is -0.179. The summed E-state index contributed by atoms with van der Waals surface area (Å²) in [5.74, 6) is 0.494. The molecule has 4 rings (SSSR count). The summed E-state index contributed by atoms with van der Waals surface area (Å²) in [7, 11) is 0. The molecule has 3 aromatic carbocycles. The van der Waals surface area contributed by atoms with E-state index in [1.807, 2.05) is 61.5 Å². The molecular weight excluding hydrogens is 518 g/mol. The maximum atomic E-state index is 13.4. The summed E-state index contributed by atoms with van der Waals surface area (Å²) < 4.78 is 2.49. The van der Waals surface area contributed by atoms with Crippen LogP contribution in [0.5, 0.6) is 0 Å². The SMILES string of the molecule is Cc1ccc(/C=C/c2nc3ccc(I)cc3c(=O)n2-c2ccc(Cl)cc2Cl)cc1. The van der Waals surface area contributed by atoms with Crippen LogP contribution in [0.15, 0.2) is 65.5 Å². The second-order valence-electron chi connectivity index (χ2n) is 6.61. The van der Waals surface area contributed by atoms with Crippen molar-refractivity contribution in [3.05, 3.63) is 102 Å². The molecule has 0 N–H and O–H groups in total. The van der Waals surface area contributed by atoms with Gasteiger partial charge in [-0.25, -0.2) is 4.98 Å². The third-order valence-electron chi connectivity index (χ3n) is 4.51. The summed E-state index contributed by atoms with van der Waals surface area (Å²) in [6, 6.07) is 18.8. The first-order valence-electron chi connectivity index (χ1n) is 8.85. The number of halogens is 3. The van der Waals surface area contributed by atoms with Crippen LogP contribution in [-0.2, 0) is 0 Å². The molecule has 1 heterocycles. The number of hydrogen-bond acceptors (Lipinski definition) is 2. The van der Waals surface area contributed by atoms with Crippen molar-refractivity contribution in [3.63, 3.8) is 0 Å². The van der Waals surface area contributed by atoms with Crippen molar-refractivity contribution in [2.24, 2.45) is 0 Å². The zero-order chi connectivity index (χ0) is 20.5. The van der Waals surface area contributed by atoms with E-state index in [0.717, 1.165) is 9.13 Å². The average molecular weight is 533 g/mol. The standard InChI is InChI=1S/C23H15Cl2IN2O/c1-14-2-4-15(5-3-14)6-11-22-27-20-9-8-17(26)13-18(20)23(29)28(22)21-10-7-16(24)12-19(21)25/h2-13H,1H3/b11-6+. The first-order valence-corrected chi connectivity index (χ1v) is 10.7. The Morgan fingerprint density at radius 1 is 0.966 bits per heavy atom. The molecule has 0 bridgehead atoms. The summed E-state index contributed by atoms with van der Waals surface area (Å²) >= 11 is 14.7. The van der Waals surface area contributed by atoms with E-state index in [1.165, 1.54) is 10.1 Å². The third kappa shape index (κ3) is 4.25. The largest absolute Gasteiger partial charge is 0.268 e. The molecule has 0 amide bonds. The quantitative estimate of drug-likeness (QED) is 0.273. The van der Waals surface area contributed by atoms with Gasteiger partial charge in [0.05, 0.1) is 21.6 Å². The molecule has 0 spiro atoms. The number of fused-ring (bicyclic) bond motifs is 1. The first-order chi connectivity index (χ1) is 13.9.